The molecule has 1 N–H and O–H groups in total. The van der Waals surface area contributed by atoms with Crippen molar-refractivity contribution < 1.29 is 19.3 Å². The van der Waals surface area contributed by atoms with E-state index in [1.54, 1.807) is 13.8 Å². The van der Waals surface area contributed by atoms with Crippen LogP contribution in [0.1, 0.15) is 46.0 Å². The van der Waals surface area contributed by atoms with Gasteiger partial charge in [0.15, 0.2) is 6.29 Å². The summed E-state index contributed by atoms with van der Waals surface area (Å²) in [4.78, 5) is 0. The van der Waals surface area contributed by atoms with Crippen molar-refractivity contribution in [3.05, 3.63) is 29.8 Å². The van der Waals surface area contributed by atoms with Crippen molar-refractivity contribution in [2.45, 2.75) is 46.0 Å². The topological polar surface area (TPSA) is 47.9 Å². The van der Waals surface area contributed by atoms with Gasteiger partial charge in [0.1, 0.15) is 18.0 Å². The molecular formula is C18H26O4. The summed E-state index contributed by atoms with van der Waals surface area (Å²) >= 11 is 0. The minimum Gasteiger partial charge on any atom is -0.480 e. The Morgan fingerprint density at radius 3 is 2.50 bits per heavy atom. The van der Waals surface area contributed by atoms with Crippen molar-refractivity contribution in [1.82, 2.24) is 0 Å². The molecule has 0 unspecified atom stereocenters. The zero-order valence-corrected chi connectivity index (χ0v) is 13.9. The van der Waals surface area contributed by atoms with Crippen LogP contribution in [0.25, 0.3) is 0 Å². The van der Waals surface area contributed by atoms with Crippen LogP contribution in [-0.2, 0) is 9.47 Å². The van der Waals surface area contributed by atoms with E-state index in [4.69, 9.17) is 14.2 Å². The third-order valence-electron chi connectivity index (χ3n) is 2.69. The van der Waals surface area contributed by atoms with Crippen LogP contribution in [-0.4, -0.2) is 30.5 Å². The second kappa shape index (κ2) is 9.47. The van der Waals surface area contributed by atoms with Gasteiger partial charge in [-0.05, 0) is 26.3 Å². The molecule has 1 saturated heterocycles. The average Bonchev–Trinajstić information content (AvgIpc) is 2.54. The number of hydrogen-bond acceptors (Lipinski definition) is 4. The summed E-state index contributed by atoms with van der Waals surface area (Å²) in [5.74, 6) is 6.21. The highest BCUT2D eigenvalue weighted by Crippen LogP contribution is 2.30. The lowest BCUT2D eigenvalue weighted by Crippen LogP contribution is -2.18. The molecule has 0 amide bonds. The molecule has 0 radical (unpaired) electrons. The van der Waals surface area contributed by atoms with Gasteiger partial charge in [-0.2, -0.15) is 0 Å². The summed E-state index contributed by atoms with van der Waals surface area (Å²) in [5, 5.41) is 9.50. The number of hydrogen-bond donors (Lipinski definition) is 1. The predicted molar refractivity (Wildman–Crippen MR) is 86.6 cm³/mol. The van der Waals surface area contributed by atoms with E-state index in [2.05, 4.69) is 11.8 Å². The third-order valence-corrected chi connectivity index (χ3v) is 2.69. The standard InChI is InChI=1S/C16H20O4.C2H6/c1-16(2,17)9-5-10-18-14-8-4-3-7-13(14)15-19-11-6-12-20-15;1-2/h3-4,7-8,15,17H,6,10-12H2,1-2H3;1-2H3. The summed E-state index contributed by atoms with van der Waals surface area (Å²) in [7, 11) is 0. The van der Waals surface area contributed by atoms with Crippen molar-refractivity contribution in [2.75, 3.05) is 19.8 Å². The van der Waals surface area contributed by atoms with Crippen LogP contribution in [0.15, 0.2) is 24.3 Å². The fourth-order valence-electron chi connectivity index (χ4n) is 1.84. The van der Waals surface area contributed by atoms with Crippen molar-refractivity contribution in [1.29, 1.82) is 0 Å². The smallest absolute Gasteiger partial charge is 0.187 e. The lowest BCUT2D eigenvalue weighted by Gasteiger charge is -2.24. The summed E-state index contributed by atoms with van der Waals surface area (Å²) in [6, 6.07) is 7.61. The molecule has 0 bridgehead atoms. The van der Waals surface area contributed by atoms with Crippen LogP contribution in [0.4, 0.5) is 0 Å². The van der Waals surface area contributed by atoms with Gasteiger partial charge in [0.05, 0.1) is 13.2 Å². The van der Waals surface area contributed by atoms with E-state index in [1.807, 2.05) is 38.1 Å². The molecular weight excluding hydrogens is 280 g/mol. The molecule has 1 aliphatic heterocycles. The molecule has 1 heterocycles. The van der Waals surface area contributed by atoms with E-state index in [0.717, 1.165) is 12.0 Å². The fraction of sp³-hybridized carbons (Fsp3) is 0.556. The molecule has 1 fully saturated rings. The van der Waals surface area contributed by atoms with E-state index in [-0.39, 0.29) is 12.9 Å². The quantitative estimate of drug-likeness (QED) is 0.871. The Kier molecular flexibility index (Phi) is 7.97. The van der Waals surface area contributed by atoms with Gasteiger partial charge in [-0.3, -0.25) is 0 Å². The summed E-state index contributed by atoms with van der Waals surface area (Å²) in [6.45, 7) is 8.87. The van der Waals surface area contributed by atoms with Gasteiger partial charge in [-0.15, -0.1) is 0 Å². The largest absolute Gasteiger partial charge is 0.480 e. The summed E-state index contributed by atoms with van der Waals surface area (Å²) in [6.07, 6.45) is 0.540. The molecule has 2 rings (SSSR count). The highest BCUT2D eigenvalue weighted by molar-refractivity contribution is 5.34. The minimum absolute atomic E-state index is 0.216. The van der Waals surface area contributed by atoms with Gasteiger partial charge >= 0.3 is 0 Å². The lowest BCUT2D eigenvalue weighted by atomic mass is 10.1. The van der Waals surface area contributed by atoms with Crippen molar-refractivity contribution in [2.24, 2.45) is 0 Å². The molecule has 0 aliphatic carbocycles. The second-order valence-corrected chi connectivity index (χ2v) is 5.11. The van der Waals surface area contributed by atoms with E-state index >= 15 is 0 Å². The fourth-order valence-corrected chi connectivity index (χ4v) is 1.84. The Morgan fingerprint density at radius 1 is 1.23 bits per heavy atom. The summed E-state index contributed by atoms with van der Waals surface area (Å²) < 4.78 is 16.8. The van der Waals surface area contributed by atoms with Crippen molar-refractivity contribution in [3.8, 4) is 17.6 Å². The van der Waals surface area contributed by atoms with Crippen LogP contribution in [0.3, 0.4) is 0 Å². The Morgan fingerprint density at radius 2 is 1.86 bits per heavy atom. The lowest BCUT2D eigenvalue weighted by molar-refractivity contribution is -0.183. The van der Waals surface area contributed by atoms with Crippen LogP contribution in [0, 0.1) is 11.8 Å². The Labute approximate surface area is 133 Å². The molecule has 1 aromatic carbocycles. The number of aliphatic hydroxyl groups is 1. The Hall–Kier alpha value is -1.54. The van der Waals surface area contributed by atoms with Crippen LogP contribution < -0.4 is 4.74 Å². The first-order valence-electron chi connectivity index (χ1n) is 7.73. The molecule has 1 aliphatic rings. The first kappa shape index (κ1) is 18.5. The highest BCUT2D eigenvalue weighted by atomic mass is 16.7. The normalized spacial score (nSPS) is 15.1. The molecule has 4 nitrogen and oxygen atoms in total. The molecule has 122 valence electrons. The van der Waals surface area contributed by atoms with Gasteiger partial charge < -0.3 is 19.3 Å². The summed E-state index contributed by atoms with van der Waals surface area (Å²) in [5.41, 5.74) is -0.129. The van der Waals surface area contributed by atoms with Gasteiger partial charge in [0, 0.05) is 5.56 Å². The highest BCUT2D eigenvalue weighted by Gasteiger charge is 2.20. The van der Waals surface area contributed by atoms with Gasteiger partial charge in [-0.25, -0.2) is 0 Å². The number of rotatable bonds is 3. The maximum absolute atomic E-state index is 9.50. The Bertz CT molecular complexity index is 488. The molecule has 4 heteroatoms. The van der Waals surface area contributed by atoms with Crippen LogP contribution in [0.5, 0.6) is 5.75 Å². The SMILES string of the molecule is CC.CC(C)(O)C#CCOc1ccccc1C1OCCCO1. The van der Waals surface area contributed by atoms with Gasteiger partial charge in [0.2, 0.25) is 0 Å². The monoisotopic (exact) mass is 306 g/mol. The second-order valence-electron chi connectivity index (χ2n) is 5.11. The molecule has 0 atom stereocenters. The van der Waals surface area contributed by atoms with Crippen LogP contribution in [0.2, 0.25) is 0 Å². The van der Waals surface area contributed by atoms with E-state index in [1.165, 1.54) is 0 Å². The molecule has 0 spiro atoms. The van der Waals surface area contributed by atoms with E-state index < -0.39 is 5.60 Å². The molecule has 22 heavy (non-hydrogen) atoms. The van der Waals surface area contributed by atoms with Crippen molar-refractivity contribution in [3.63, 3.8) is 0 Å². The third kappa shape index (κ3) is 6.48. The van der Waals surface area contributed by atoms with Crippen LogP contribution >= 0.6 is 0 Å². The maximum Gasteiger partial charge on any atom is 0.187 e. The van der Waals surface area contributed by atoms with E-state index in [9.17, 15) is 5.11 Å². The van der Waals surface area contributed by atoms with Gasteiger partial charge in [0.25, 0.3) is 0 Å². The number of benzene rings is 1. The molecule has 0 aromatic heterocycles. The maximum atomic E-state index is 9.50. The molecule has 1 aromatic rings. The Balaban J connectivity index is 0.00000116. The van der Waals surface area contributed by atoms with E-state index in [0.29, 0.717) is 19.0 Å². The average molecular weight is 306 g/mol. The predicted octanol–water partition coefficient (Wildman–Crippen LogP) is 3.30. The first-order chi connectivity index (χ1) is 10.6. The zero-order valence-electron chi connectivity index (χ0n) is 13.9. The zero-order chi connectivity index (χ0) is 16.4. The minimum atomic E-state index is -1.00. The van der Waals surface area contributed by atoms with Crippen molar-refractivity contribution >= 4 is 0 Å². The first-order valence-corrected chi connectivity index (χ1v) is 7.73. The van der Waals surface area contributed by atoms with Gasteiger partial charge in [-0.1, -0.05) is 43.9 Å². The number of ether oxygens (including phenoxy) is 3. The number of para-hydroxylation sites is 1. The molecule has 0 saturated carbocycles.